The molecule has 2 unspecified atom stereocenters. The van der Waals surface area contributed by atoms with E-state index >= 15 is 0 Å². The summed E-state index contributed by atoms with van der Waals surface area (Å²) < 4.78 is 6.89. The van der Waals surface area contributed by atoms with Crippen LogP contribution in [0.15, 0.2) is 79.9 Å². The fourth-order valence-corrected chi connectivity index (χ4v) is 7.97. The molecule has 240 valence electrons. The zero-order valence-electron chi connectivity index (χ0n) is 26.4. The van der Waals surface area contributed by atoms with Crippen molar-refractivity contribution in [3.05, 3.63) is 90.5 Å². The van der Waals surface area contributed by atoms with E-state index in [4.69, 9.17) is 16.3 Å². The summed E-state index contributed by atoms with van der Waals surface area (Å²) in [6, 6.07) is 15.0. The third-order valence-electron chi connectivity index (χ3n) is 9.66. The maximum atomic E-state index is 14.8. The number of rotatable bonds is 13. The lowest BCUT2D eigenvalue weighted by Crippen LogP contribution is -2.59. The van der Waals surface area contributed by atoms with Crippen LogP contribution in [0.4, 0.5) is 5.69 Å². The van der Waals surface area contributed by atoms with Gasteiger partial charge in [0, 0.05) is 30.3 Å². The number of likely N-dealkylation sites (tertiary alicyclic amines) is 1. The number of aliphatic hydroxyl groups is 1. The first kappa shape index (κ1) is 32.9. The molecule has 3 amide bonds. The van der Waals surface area contributed by atoms with Crippen LogP contribution in [0.25, 0.3) is 0 Å². The SMILES string of the molecule is C=CCN(Cc1ccccc1)C(=O)[C@@H]1[C@H]2C(=O)N([C@@H](CO)CC(C)C)C(C(=O)N(CC=C)c3ccc(Cl)cc3)C23CC[C@@]1(C)O3. The number of carbonyl (C=O) groups excluding carboxylic acids is 3. The molecule has 3 saturated heterocycles. The summed E-state index contributed by atoms with van der Waals surface area (Å²) in [7, 11) is 0. The highest BCUT2D eigenvalue weighted by Crippen LogP contribution is 2.64. The Morgan fingerprint density at radius 3 is 2.33 bits per heavy atom. The first-order chi connectivity index (χ1) is 21.5. The van der Waals surface area contributed by atoms with E-state index in [2.05, 4.69) is 13.2 Å². The molecule has 8 nitrogen and oxygen atoms in total. The quantitative estimate of drug-likeness (QED) is 0.305. The van der Waals surface area contributed by atoms with Gasteiger partial charge in [0.1, 0.15) is 11.6 Å². The van der Waals surface area contributed by atoms with Crippen molar-refractivity contribution in [3.63, 3.8) is 0 Å². The monoisotopic (exact) mass is 633 g/mol. The summed E-state index contributed by atoms with van der Waals surface area (Å²) in [6.07, 6.45) is 4.78. The van der Waals surface area contributed by atoms with Gasteiger partial charge >= 0.3 is 0 Å². The van der Waals surface area contributed by atoms with Crippen LogP contribution in [0, 0.1) is 17.8 Å². The Morgan fingerprint density at radius 1 is 1.07 bits per heavy atom. The van der Waals surface area contributed by atoms with Crippen LogP contribution in [0.1, 0.15) is 45.6 Å². The first-order valence-electron chi connectivity index (χ1n) is 15.8. The highest BCUT2D eigenvalue weighted by molar-refractivity contribution is 6.30. The van der Waals surface area contributed by atoms with Crippen molar-refractivity contribution in [1.82, 2.24) is 9.80 Å². The van der Waals surface area contributed by atoms with Crippen molar-refractivity contribution in [2.45, 2.75) is 69.9 Å². The minimum atomic E-state index is -1.23. The van der Waals surface area contributed by atoms with Crippen molar-refractivity contribution in [2.24, 2.45) is 17.8 Å². The number of nitrogens with zero attached hydrogens (tertiary/aromatic N) is 3. The fourth-order valence-electron chi connectivity index (χ4n) is 7.84. The molecule has 0 aliphatic carbocycles. The van der Waals surface area contributed by atoms with Gasteiger partial charge in [0.05, 0.1) is 30.1 Å². The highest BCUT2D eigenvalue weighted by atomic mass is 35.5. The zero-order chi connectivity index (χ0) is 32.5. The van der Waals surface area contributed by atoms with Crippen LogP contribution >= 0.6 is 11.6 Å². The lowest BCUT2D eigenvalue weighted by atomic mass is 9.66. The Hall–Kier alpha value is -3.46. The number of aliphatic hydroxyl groups excluding tert-OH is 1. The Labute approximate surface area is 271 Å². The number of carbonyl (C=O) groups is 3. The number of fused-ring (bicyclic) bond motifs is 1. The van der Waals surface area contributed by atoms with Crippen LogP contribution in [-0.2, 0) is 25.7 Å². The maximum Gasteiger partial charge on any atom is 0.253 e. The van der Waals surface area contributed by atoms with Gasteiger partial charge in [-0.05, 0) is 61.9 Å². The van der Waals surface area contributed by atoms with Crippen LogP contribution in [-0.4, -0.2) is 75.6 Å². The van der Waals surface area contributed by atoms with E-state index in [9.17, 15) is 19.5 Å². The molecule has 1 spiro atoms. The number of hydrogen-bond donors (Lipinski definition) is 1. The molecule has 2 aromatic rings. The van der Waals surface area contributed by atoms with E-state index in [1.807, 2.05) is 51.1 Å². The molecular weight excluding hydrogens is 590 g/mol. The average Bonchev–Trinajstić information content (AvgIpc) is 3.59. The lowest BCUT2D eigenvalue weighted by Gasteiger charge is -2.40. The maximum absolute atomic E-state index is 14.8. The molecule has 1 N–H and O–H groups in total. The molecule has 0 saturated carbocycles. The minimum absolute atomic E-state index is 0.144. The van der Waals surface area contributed by atoms with Gasteiger partial charge in [-0.2, -0.15) is 0 Å². The number of ether oxygens (including phenoxy) is 1. The second-order valence-corrected chi connectivity index (χ2v) is 13.6. The third-order valence-corrected chi connectivity index (χ3v) is 9.91. The molecule has 45 heavy (non-hydrogen) atoms. The summed E-state index contributed by atoms with van der Waals surface area (Å²) in [5, 5.41) is 11.2. The largest absolute Gasteiger partial charge is 0.394 e. The topological polar surface area (TPSA) is 90.4 Å². The number of benzene rings is 2. The molecule has 3 fully saturated rings. The average molecular weight is 634 g/mol. The molecule has 3 heterocycles. The van der Waals surface area contributed by atoms with Gasteiger partial charge in [-0.1, -0.05) is 67.9 Å². The van der Waals surface area contributed by atoms with E-state index < -0.39 is 35.1 Å². The van der Waals surface area contributed by atoms with Gasteiger partial charge in [0.25, 0.3) is 5.91 Å². The Morgan fingerprint density at radius 2 is 1.73 bits per heavy atom. The third kappa shape index (κ3) is 5.84. The van der Waals surface area contributed by atoms with Crippen LogP contribution < -0.4 is 4.90 Å². The van der Waals surface area contributed by atoms with Crippen molar-refractivity contribution in [2.75, 3.05) is 24.6 Å². The number of hydrogen-bond acceptors (Lipinski definition) is 5. The second-order valence-electron chi connectivity index (χ2n) is 13.1. The zero-order valence-corrected chi connectivity index (χ0v) is 27.2. The van der Waals surface area contributed by atoms with Gasteiger partial charge in [0.2, 0.25) is 11.8 Å². The van der Waals surface area contributed by atoms with E-state index in [-0.39, 0.29) is 36.8 Å². The minimum Gasteiger partial charge on any atom is -0.394 e. The molecule has 0 aromatic heterocycles. The summed E-state index contributed by atoms with van der Waals surface area (Å²) in [4.78, 5) is 49.0. The molecule has 6 atom stereocenters. The predicted octanol–water partition coefficient (Wildman–Crippen LogP) is 5.25. The standard InChI is InChI=1S/C36H44ClN3O5/c1-6-19-38(22-25-11-9-8-10-12-25)32(42)29-30-33(43)40(28(23-41)21-24(3)4)31(36(30)18-17-35(29,5)45-36)34(44)39(20-7-2)27-15-13-26(37)14-16-27/h6-16,24,28-31,41H,1-2,17-23H2,3-5H3/t28-,29+,30+,31?,35-,36?/m1/s1. The van der Waals surface area contributed by atoms with E-state index in [1.54, 1.807) is 51.1 Å². The van der Waals surface area contributed by atoms with Gasteiger partial charge in [-0.15, -0.1) is 13.2 Å². The van der Waals surface area contributed by atoms with Crippen molar-refractivity contribution in [3.8, 4) is 0 Å². The molecule has 5 rings (SSSR count). The molecule has 2 bridgehead atoms. The van der Waals surface area contributed by atoms with Gasteiger partial charge in [-0.3, -0.25) is 14.4 Å². The molecule has 9 heteroatoms. The summed E-state index contributed by atoms with van der Waals surface area (Å²) in [5.74, 6) is -2.38. The number of halogens is 1. The molecule has 3 aliphatic heterocycles. The Kier molecular flexibility index (Phi) is 9.59. The Balaban J connectivity index is 1.60. The predicted molar refractivity (Wildman–Crippen MR) is 175 cm³/mol. The normalized spacial score (nSPS) is 27.4. The van der Waals surface area contributed by atoms with Gasteiger partial charge in [0.15, 0.2) is 0 Å². The lowest BCUT2D eigenvalue weighted by molar-refractivity contribution is -0.152. The van der Waals surface area contributed by atoms with Crippen molar-refractivity contribution in [1.29, 1.82) is 0 Å². The van der Waals surface area contributed by atoms with Crippen LogP contribution in [0.2, 0.25) is 5.02 Å². The van der Waals surface area contributed by atoms with Gasteiger partial charge < -0.3 is 24.5 Å². The van der Waals surface area contributed by atoms with E-state index in [1.165, 1.54) is 0 Å². The van der Waals surface area contributed by atoms with E-state index in [0.29, 0.717) is 43.1 Å². The van der Waals surface area contributed by atoms with Crippen molar-refractivity contribution >= 4 is 35.0 Å². The number of amides is 3. The summed E-state index contributed by atoms with van der Waals surface area (Å²) >= 11 is 6.17. The summed E-state index contributed by atoms with van der Waals surface area (Å²) in [6.45, 7) is 14.2. The molecule has 2 aromatic carbocycles. The highest BCUT2D eigenvalue weighted by Gasteiger charge is 2.78. The fraction of sp³-hybridized carbons (Fsp3) is 0.472. The Bertz CT molecular complexity index is 1430. The summed E-state index contributed by atoms with van der Waals surface area (Å²) in [5.41, 5.74) is -0.600. The van der Waals surface area contributed by atoms with Gasteiger partial charge in [-0.25, -0.2) is 0 Å². The van der Waals surface area contributed by atoms with E-state index in [0.717, 1.165) is 5.56 Å². The van der Waals surface area contributed by atoms with Crippen LogP contribution in [0.5, 0.6) is 0 Å². The van der Waals surface area contributed by atoms with Crippen molar-refractivity contribution < 1.29 is 24.2 Å². The smallest absolute Gasteiger partial charge is 0.253 e. The molecule has 0 radical (unpaired) electrons. The molecule has 3 aliphatic rings. The second kappa shape index (κ2) is 13.1. The first-order valence-corrected chi connectivity index (χ1v) is 16.1. The van der Waals surface area contributed by atoms with Crippen LogP contribution in [0.3, 0.4) is 0 Å². The molecular formula is C36H44ClN3O5. The number of anilines is 1.